The van der Waals surface area contributed by atoms with E-state index in [1.807, 2.05) is 0 Å². The summed E-state index contributed by atoms with van der Waals surface area (Å²) in [7, 11) is 0. The molecule has 0 aromatic heterocycles. The molecule has 0 saturated carbocycles. The van der Waals surface area contributed by atoms with Gasteiger partial charge in [0.25, 0.3) is 0 Å². The summed E-state index contributed by atoms with van der Waals surface area (Å²) in [6.45, 7) is 6.18. The van der Waals surface area contributed by atoms with E-state index in [0.717, 1.165) is 0 Å². The van der Waals surface area contributed by atoms with Crippen molar-refractivity contribution in [2.24, 2.45) is 5.92 Å². The van der Waals surface area contributed by atoms with E-state index in [9.17, 15) is 9.18 Å². The third kappa shape index (κ3) is 4.03. The van der Waals surface area contributed by atoms with Crippen LogP contribution in [0.5, 0.6) is 0 Å². The highest BCUT2D eigenvalue weighted by atomic mass is 19.1. The Balaban J connectivity index is 2.37. The van der Waals surface area contributed by atoms with Crippen LogP contribution < -0.4 is 10.6 Å². The molecule has 0 spiro atoms. The molecule has 15 heavy (non-hydrogen) atoms. The van der Waals surface area contributed by atoms with Crippen LogP contribution in [-0.4, -0.2) is 37.5 Å². The zero-order chi connectivity index (χ0) is 11.5. The standard InChI is InChI=1S/C10H19FN2O2/c1-10(2,3)15-9(14)13-8-6-12-5-7(8)4-11/h7-8,12H,4-6H2,1-3H3,(H,13,14)/t7-,8-/m0/s1. The predicted molar refractivity (Wildman–Crippen MR) is 55.5 cm³/mol. The van der Waals surface area contributed by atoms with E-state index in [1.165, 1.54) is 0 Å². The molecule has 1 rings (SSSR count). The smallest absolute Gasteiger partial charge is 0.407 e. The maximum atomic E-state index is 12.5. The van der Waals surface area contributed by atoms with E-state index < -0.39 is 18.4 Å². The fourth-order valence-corrected chi connectivity index (χ4v) is 1.52. The number of halogens is 1. The first-order valence-corrected chi connectivity index (χ1v) is 5.18. The van der Waals surface area contributed by atoms with Crippen LogP contribution >= 0.6 is 0 Å². The average molecular weight is 218 g/mol. The molecule has 1 fully saturated rings. The minimum atomic E-state index is -0.513. The fourth-order valence-electron chi connectivity index (χ4n) is 1.52. The highest BCUT2D eigenvalue weighted by Gasteiger charge is 2.29. The molecule has 1 heterocycles. The van der Waals surface area contributed by atoms with Gasteiger partial charge in [0, 0.05) is 19.0 Å². The van der Waals surface area contributed by atoms with Gasteiger partial charge in [-0.25, -0.2) is 4.79 Å². The van der Waals surface area contributed by atoms with Crippen LogP contribution in [0.4, 0.5) is 9.18 Å². The van der Waals surface area contributed by atoms with Gasteiger partial charge in [-0.2, -0.15) is 0 Å². The molecule has 0 unspecified atom stereocenters. The van der Waals surface area contributed by atoms with E-state index in [4.69, 9.17) is 4.74 Å². The molecule has 5 heteroatoms. The topological polar surface area (TPSA) is 50.4 Å². The van der Waals surface area contributed by atoms with Crippen LogP contribution in [0.15, 0.2) is 0 Å². The molecule has 1 amide bonds. The number of carbonyl (C=O) groups excluding carboxylic acids is 1. The van der Waals surface area contributed by atoms with E-state index >= 15 is 0 Å². The first-order chi connectivity index (χ1) is 6.92. The lowest BCUT2D eigenvalue weighted by molar-refractivity contribution is 0.0494. The van der Waals surface area contributed by atoms with Crippen molar-refractivity contribution < 1.29 is 13.9 Å². The minimum absolute atomic E-state index is 0.141. The summed E-state index contributed by atoms with van der Waals surface area (Å²) in [5, 5.41) is 5.70. The Morgan fingerprint density at radius 1 is 1.53 bits per heavy atom. The quantitative estimate of drug-likeness (QED) is 0.729. The van der Waals surface area contributed by atoms with Crippen molar-refractivity contribution in [3.63, 3.8) is 0 Å². The third-order valence-corrected chi connectivity index (χ3v) is 2.24. The third-order valence-electron chi connectivity index (χ3n) is 2.24. The summed E-state index contributed by atoms with van der Waals surface area (Å²) < 4.78 is 17.6. The summed E-state index contributed by atoms with van der Waals surface area (Å²) in [6.07, 6.45) is -0.477. The number of rotatable bonds is 2. The summed E-state index contributed by atoms with van der Waals surface area (Å²) in [5.74, 6) is -0.141. The Kier molecular flexibility index (Phi) is 3.90. The molecular formula is C10H19FN2O2. The Bertz CT molecular complexity index is 228. The number of alkyl halides is 1. The normalized spacial score (nSPS) is 26.4. The highest BCUT2D eigenvalue weighted by Crippen LogP contribution is 2.11. The van der Waals surface area contributed by atoms with Crippen LogP contribution in [0.25, 0.3) is 0 Å². The lowest BCUT2D eigenvalue weighted by Crippen LogP contribution is -2.43. The van der Waals surface area contributed by atoms with Crippen molar-refractivity contribution in [2.45, 2.75) is 32.4 Å². The molecule has 0 bridgehead atoms. The van der Waals surface area contributed by atoms with Gasteiger partial charge in [-0.1, -0.05) is 0 Å². The van der Waals surface area contributed by atoms with Crippen molar-refractivity contribution in [2.75, 3.05) is 19.8 Å². The molecule has 0 aliphatic carbocycles. The Labute approximate surface area is 89.6 Å². The lowest BCUT2D eigenvalue weighted by Gasteiger charge is -2.23. The zero-order valence-corrected chi connectivity index (χ0v) is 9.47. The van der Waals surface area contributed by atoms with Gasteiger partial charge in [0.15, 0.2) is 0 Å². The van der Waals surface area contributed by atoms with Crippen LogP contribution in [0, 0.1) is 5.92 Å². The van der Waals surface area contributed by atoms with Gasteiger partial charge >= 0.3 is 6.09 Å². The number of ether oxygens (including phenoxy) is 1. The molecule has 0 radical (unpaired) electrons. The van der Waals surface area contributed by atoms with Gasteiger partial charge in [0.05, 0.1) is 12.7 Å². The molecule has 0 aromatic rings. The van der Waals surface area contributed by atoms with Crippen molar-refractivity contribution in [3.8, 4) is 0 Å². The molecule has 0 aromatic carbocycles. The second kappa shape index (κ2) is 4.79. The number of alkyl carbamates (subject to hydrolysis) is 1. The molecule has 1 aliphatic rings. The monoisotopic (exact) mass is 218 g/mol. The Morgan fingerprint density at radius 3 is 2.73 bits per heavy atom. The molecule has 1 saturated heterocycles. The molecular weight excluding hydrogens is 199 g/mol. The molecule has 4 nitrogen and oxygen atoms in total. The van der Waals surface area contributed by atoms with Crippen LogP contribution in [0.2, 0.25) is 0 Å². The van der Waals surface area contributed by atoms with Crippen LogP contribution in [0.3, 0.4) is 0 Å². The molecule has 2 N–H and O–H groups in total. The second-order valence-electron chi connectivity index (χ2n) is 4.83. The van der Waals surface area contributed by atoms with Crippen molar-refractivity contribution in [3.05, 3.63) is 0 Å². The minimum Gasteiger partial charge on any atom is -0.444 e. The van der Waals surface area contributed by atoms with E-state index in [2.05, 4.69) is 10.6 Å². The molecule has 88 valence electrons. The molecule has 1 aliphatic heterocycles. The van der Waals surface area contributed by atoms with Crippen LogP contribution in [-0.2, 0) is 4.74 Å². The highest BCUT2D eigenvalue weighted by molar-refractivity contribution is 5.68. The summed E-state index contributed by atoms with van der Waals surface area (Å²) in [6, 6.07) is -0.162. The number of hydrogen-bond acceptors (Lipinski definition) is 3. The van der Waals surface area contributed by atoms with E-state index in [0.29, 0.717) is 13.1 Å². The second-order valence-corrected chi connectivity index (χ2v) is 4.83. The first-order valence-electron chi connectivity index (χ1n) is 5.18. The van der Waals surface area contributed by atoms with Gasteiger partial charge in [0.2, 0.25) is 0 Å². The summed E-state index contributed by atoms with van der Waals surface area (Å²) in [4.78, 5) is 11.4. The molecule has 2 atom stereocenters. The number of carbonyl (C=O) groups is 1. The van der Waals surface area contributed by atoms with Crippen molar-refractivity contribution in [1.82, 2.24) is 10.6 Å². The van der Waals surface area contributed by atoms with E-state index in [1.54, 1.807) is 20.8 Å². The number of hydrogen-bond donors (Lipinski definition) is 2. The summed E-state index contributed by atoms with van der Waals surface area (Å²) in [5.41, 5.74) is -0.513. The largest absolute Gasteiger partial charge is 0.444 e. The summed E-state index contributed by atoms with van der Waals surface area (Å²) >= 11 is 0. The SMILES string of the molecule is CC(C)(C)OC(=O)N[C@H]1CNC[C@@H]1CF. The maximum Gasteiger partial charge on any atom is 0.407 e. The maximum absolute atomic E-state index is 12.5. The van der Waals surface area contributed by atoms with Gasteiger partial charge in [0.1, 0.15) is 5.60 Å². The van der Waals surface area contributed by atoms with Gasteiger partial charge in [-0.15, -0.1) is 0 Å². The van der Waals surface area contributed by atoms with Crippen molar-refractivity contribution in [1.29, 1.82) is 0 Å². The Hall–Kier alpha value is -0.840. The lowest BCUT2D eigenvalue weighted by atomic mass is 10.1. The van der Waals surface area contributed by atoms with Crippen LogP contribution in [0.1, 0.15) is 20.8 Å². The van der Waals surface area contributed by atoms with E-state index in [-0.39, 0.29) is 12.0 Å². The number of amides is 1. The predicted octanol–water partition coefficient (Wildman–Crippen LogP) is 1.07. The average Bonchev–Trinajstić information content (AvgIpc) is 2.48. The fraction of sp³-hybridized carbons (Fsp3) is 0.900. The Morgan fingerprint density at radius 2 is 2.20 bits per heavy atom. The van der Waals surface area contributed by atoms with Gasteiger partial charge in [-0.05, 0) is 20.8 Å². The first kappa shape index (κ1) is 12.2. The zero-order valence-electron chi connectivity index (χ0n) is 9.47. The van der Waals surface area contributed by atoms with Gasteiger partial charge < -0.3 is 15.4 Å². The number of nitrogens with one attached hydrogen (secondary N) is 2. The van der Waals surface area contributed by atoms with Gasteiger partial charge in [-0.3, -0.25) is 4.39 Å². The van der Waals surface area contributed by atoms with Crippen molar-refractivity contribution >= 4 is 6.09 Å².